The summed E-state index contributed by atoms with van der Waals surface area (Å²) >= 11 is 3.27. The zero-order chi connectivity index (χ0) is 16.7. The molecular formula is C17H25N3OS2. The van der Waals surface area contributed by atoms with Crippen LogP contribution in [0.4, 0.5) is 0 Å². The fourth-order valence-corrected chi connectivity index (χ4v) is 3.72. The number of aliphatic imine (C=N–C) groups is 1. The lowest BCUT2D eigenvalue weighted by atomic mass is 10.1. The van der Waals surface area contributed by atoms with Crippen LogP contribution in [0.2, 0.25) is 0 Å². The predicted octanol–water partition coefficient (Wildman–Crippen LogP) is 3.38. The number of rotatable bonds is 7. The third-order valence-corrected chi connectivity index (χ3v) is 5.45. The summed E-state index contributed by atoms with van der Waals surface area (Å²) in [5.41, 5.74) is 0.402. The molecule has 0 saturated heterocycles. The molecule has 0 fully saturated rings. The van der Waals surface area contributed by atoms with Crippen molar-refractivity contribution in [1.29, 1.82) is 0 Å². The van der Waals surface area contributed by atoms with E-state index in [0.717, 1.165) is 23.9 Å². The summed E-state index contributed by atoms with van der Waals surface area (Å²) in [5, 5.41) is 23.4. The first-order chi connectivity index (χ1) is 11.0. The number of thiophene rings is 2. The smallest absolute Gasteiger partial charge is 0.191 e. The van der Waals surface area contributed by atoms with E-state index in [0.29, 0.717) is 12.5 Å². The highest BCUT2D eigenvalue weighted by Crippen LogP contribution is 2.25. The molecule has 0 spiro atoms. The van der Waals surface area contributed by atoms with Crippen molar-refractivity contribution in [2.45, 2.75) is 32.3 Å². The van der Waals surface area contributed by atoms with E-state index >= 15 is 0 Å². The lowest BCUT2D eigenvalue weighted by Crippen LogP contribution is -2.40. The highest BCUT2D eigenvalue weighted by molar-refractivity contribution is 7.10. The van der Waals surface area contributed by atoms with Crippen LogP contribution in [0, 0.1) is 0 Å². The highest BCUT2D eigenvalue weighted by Gasteiger charge is 2.24. The molecule has 2 aromatic rings. The number of nitrogens with one attached hydrogen (secondary N) is 2. The van der Waals surface area contributed by atoms with Gasteiger partial charge < -0.3 is 15.7 Å². The van der Waals surface area contributed by atoms with E-state index in [2.05, 4.69) is 39.4 Å². The van der Waals surface area contributed by atoms with Gasteiger partial charge in [-0.05, 0) is 53.6 Å². The Morgan fingerprint density at radius 3 is 2.78 bits per heavy atom. The molecule has 2 unspecified atom stereocenters. The summed E-state index contributed by atoms with van der Waals surface area (Å²) in [6.45, 7) is 7.97. The molecule has 0 aromatic carbocycles. The van der Waals surface area contributed by atoms with E-state index in [9.17, 15) is 5.11 Å². The van der Waals surface area contributed by atoms with Gasteiger partial charge in [-0.25, -0.2) is 4.99 Å². The minimum absolute atomic E-state index is 0.329. The summed E-state index contributed by atoms with van der Waals surface area (Å²) in [6, 6.07) is 6.05. The van der Waals surface area contributed by atoms with E-state index in [1.165, 1.54) is 5.56 Å². The van der Waals surface area contributed by atoms with Crippen molar-refractivity contribution in [3.05, 3.63) is 44.8 Å². The number of nitrogens with zero attached hydrogens (tertiary/aromatic N) is 1. The Kier molecular flexibility index (Phi) is 6.62. The lowest BCUT2D eigenvalue weighted by Gasteiger charge is -2.21. The molecule has 126 valence electrons. The van der Waals surface area contributed by atoms with E-state index in [4.69, 9.17) is 0 Å². The number of guanidine groups is 1. The standard InChI is InChI=1S/C17H25N3OS2/c1-4-18-16(19-10-13(2)14-7-9-22-11-14)20-12-17(3,21)15-6-5-8-23-15/h5-9,11,13,21H,4,10,12H2,1-3H3,(H2,18,19,20). The summed E-state index contributed by atoms with van der Waals surface area (Å²) in [6.07, 6.45) is 0. The molecule has 2 heterocycles. The average molecular weight is 352 g/mol. The van der Waals surface area contributed by atoms with Crippen molar-refractivity contribution in [2.75, 3.05) is 19.6 Å². The van der Waals surface area contributed by atoms with E-state index < -0.39 is 5.60 Å². The first kappa shape index (κ1) is 18.0. The molecule has 0 radical (unpaired) electrons. The first-order valence-corrected chi connectivity index (χ1v) is 9.66. The quantitative estimate of drug-likeness (QED) is 0.529. The summed E-state index contributed by atoms with van der Waals surface area (Å²) in [5.74, 6) is 1.16. The molecule has 2 atom stereocenters. The monoisotopic (exact) mass is 351 g/mol. The molecule has 23 heavy (non-hydrogen) atoms. The van der Waals surface area contributed by atoms with Gasteiger partial charge in [0, 0.05) is 18.0 Å². The lowest BCUT2D eigenvalue weighted by molar-refractivity contribution is 0.0711. The van der Waals surface area contributed by atoms with Crippen LogP contribution in [0.5, 0.6) is 0 Å². The van der Waals surface area contributed by atoms with Gasteiger partial charge in [-0.3, -0.25) is 0 Å². The largest absolute Gasteiger partial charge is 0.383 e. The van der Waals surface area contributed by atoms with Gasteiger partial charge >= 0.3 is 0 Å². The first-order valence-electron chi connectivity index (χ1n) is 7.83. The Morgan fingerprint density at radius 1 is 1.35 bits per heavy atom. The van der Waals surface area contributed by atoms with Crippen molar-refractivity contribution in [3.63, 3.8) is 0 Å². The van der Waals surface area contributed by atoms with Crippen LogP contribution < -0.4 is 10.6 Å². The van der Waals surface area contributed by atoms with Crippen molar-refractivity contribution >= 4 is 28.6 Å². The fraction of sp³-hybridized carbons (Fsp3) is 0.471. The molecule has 0 amide bonds. The molecular weight excluding hydrogens is 326 g/mol. The van der Waals surface area contributed by atoms with E-state index in [1.807, 2.05) is 24.4 Å². The minimum Gasteiger partial charge on any atom is -0.383 e. The number of hydrogen-bond acceptors (Lipinski definition) is 4. The summed E-state index contributed by atoms with van der Waals surface area (Å²) in [4.78, 5) is 5.48. The molecule has 0 aliphatic heterocycles. The van der Waals surface area contributed by atoms with E-state index in [1.54, 1.807) is 29.6 Å². The molecule has 0 aliphatic rings. The second kappa shape index (κ2) is 8.47. The Bertz CT molecular complexity index is 591. The van der Waals surface area contributed by atoms with Gasteiger partial charge in [0.25, 0.3) is 0 Å². The van der Waals surface area contributed by atoms with Crippen LogP contribution in [-0.4, -0.2) is 30.7 Å². The SMILES string of the molecule is CCNC(=NCC(C)(O)c1cccs1)NCC(C)c1ccsc1. The number of aliphatic hydroxyl groups is 1. The summed E-state index contributed by atoms with van der Waals surface area (Å²) < 4.78 is 0. The molecule has 2 rings (SSSR count). The zero-order valence-corrected chi connectivity index (χ0v) is 15.5. The molecule has 3 N–H and O–H groups in total. The van der Waals surface area contributed by atoms with Crippen molar-refractivity contribution in [1.82, 2.24) is 10.6 Å². The van der Waals surface area contributed by atoms with Crippen molar-refractivity contribution in [2.24, 2.45) is 4.99 Å². The van der Waals surface area contributed by atoms with Crippen LogP contribution in [0.3, 0.4) is 0 Å². The maximum Gasteiger partial charge on any atom is 0.191 e. The van der Waals surface area contributed by atoms with Gasteiger partial charge in [0.05, 0.1) is 6.54 Å². The van der Waals surface area contributed by atoms with Gasteiger partial charge in [-0.2, -0.15) is 11.3 Å². The summed E-state index contributed by atoms with van der Waals surface area (Å²) in [7, 11) is 0. The maximum atomic E-state index is 10.6. The third-order valence-electron chi connectivity index (χ3n) is 3.63. The Hall–Kier alpha value is -1.37. The highest BCUT2D eigenvalue weighted by atomic mass is 32.1. The van der Waals surface area contributed by atoms with Crippen LogP contribution in [0.1, 0.15) is 37.1 Å². The average Bonchev–Trinajstić information content (AvgIpc) is 3.23. The van der Waals surface area contributed by atoms with Gasteiger partial charge in [0.15, 0.2) is 5.96 Å². The van der Waals surface area contributed by atoms with Gasteiger partial charge in [0.2, 0.25) is 0 Å². The second-order valence-corrected chi connectivity index (χ2v) is 7.51. The van der Waals surface area contributed by atoms with E-state index in [-0.39, 0.29) is 0 Å². The van der Waals surface area contributed by atoms with Crippen molar-refractivity contribution < 1.29 is 5.11 Å². The maximum absolute atomic E-state index is 10.6. The third kappa shape index (κ3) is 5.34. The predicted molar refractivity (Wildman–Crippen MR) is 101 cm³/mol. The van der Waals surface area contributed by atoms with Gasteiger partial charge in [0.1, 0.15) is 5.60 Å². The molecule has 2 aromatic heterocycles. The minimum atomic E-state index is -0.935. The zero-order valence-electron chi connectivity index (χ0n) is 13.9. The molecule has 0 bridgehead atoms. The Balaban J connectivity index is 1.94. The van der Waals surface area contributed by atoms with Crippen molar-refractivity contribution in [3.8, 4) is 0 Å². The molecule has 0 saturated carbocycles. The van der Waals surface area contributed by atoms with Gasteiger partial charge in [-0.1, -0.05) is 13.0 Å². The van der Waals surface area contributed by atoms with Crippen LogP contribution in [0.15, 0.2) is 39.3 Å². The molecule has 0 aliphatic carbocycles. The second-order valence-electron chi connectivity index (χ2n) is 5.78. The topological polar surface area (TPSA) is 56.7 Å². The van der Waals surface area contributed by atoms with Crippen LogP contribution in [0.25, 0.3) is 0 Å². The number of hydrogen-bond donors (Lipinski definition) is 3. The van der Waals surface area contributed by atoms with Crippen LogP contribution in [-0.2, 0) is 5.60 Å². The molecule has 4 nitrogen and oxygen atoms in total. The Labute approximate surface area is 146 Å². The Morgan fingerprint density at radius 2 is 2.17 bits per heavy atom. The fourth-order valence-electron chi connectivity index (χ4n) is 2.16. The molecule has 6 heteroatoms. The van der Waals surface area contributed by atoms with Crippen LogP contribution >= 0.6 is 22.7 Å². The normalized spacial score (nSPS) is 15.9. The van der Waals surface area contributed by atoms with Gasteiger partial charge in [-0.15, -0.1) is 11.3 Å².